The molecule has 2 aromatic rings. The summed E-state index contributed by atoms with van der Waals surface area (Å²) < 4.78 is 5.86. The van der Waals surface area contributed by atoms with Gasteiger partial charge in [-0.1, -0.05) is 42.2 Å². The lowest BCUT2D eigenvalue weighted by molar-refractivity contribution is -0.122. The first kappa shape index (κ1) is 22.8. The van der Waals surface area contributed by atoms with Crippen LogP contribution in [-0.4, -0.2) is 39.3 Å². The van der Waals surface area contributed by atoms with E-state index in [0.29, 0.717) is 41.0 Å². The van der Waals surface area contributed by atoms with Crippen molar-refractivity contribution in [2.24, 2.45) is 0 Å². The highest BCUT2D eigenvalue weighted by Gasteiger charge is 2.31. The SMILES string of the molecule is CCOc1cc(/C=C2\SC(=S)N(CCCC(=O)Nc3cccc(C)c3)C2=O)ccc1O. The van der Waals surface area contributed by atoms with E-state index < -0.39 is 0 Å². The second kappa shape index (κ2) is 10.5. The molecule has 0 spiro atoms. The number of nitrogens with one attached hydrogen (secondary N) is 1. The largest absolute Gasteiger partial charge is 0.504 e. The molecule has 1 heterocycles. The van der Waals surface area contributed by atoms with Gasteiger partial charge in [0.1, 0.15) is 4.32 Å². The maximum absolute atomic E-state index is 12.8. The predicted molar refractivity (Wildman–Crippen MR) is 128 cm³/mol. The summed E-state index contributed by atoms with van der Waals surface area (Å²) in [5, 5.41) is 12.7. The average Bonchev–Trinajstić information content (AvgIpc) is 2.98. The Morgan fingerprint density at radius 3 is 2.84 bits per heavy atom. The Hall–Kier alpha value is -2.84. The van der Waals surface area contributed by atoms with Gasteiger partial charge in [0.05, 0.1) is 11.5 Å². The summed E-state index contributed by atoms with van der Waals surface area (Å²) in [5.41, 5.74) is 2.57. The number of rotatable bonds is 8. The van der Waals surface area contributed by atoms with Crippen LogP contribution in [0.2, 0.25) is 0 Å². The van der Waals surface area contributed by atoms with Crippen molar-refractivity contribution in [2.75, 3.05) is 18.5 Å². The minimum absolute atomic E-state index is 0.0514. The van der Waals surface area contributed by atoms with Crippen LogP contribution < -0.4 is 10.1 Å². The van der Waals surface area contributed by atoms with E-state index in [-0.39, 0.29) is 17.6 Å². The molecule has 0 saturated carbocycles. The molecule has 2 amide bonds. The van der Waals surface area contributed by atoms with Gasteiger partial charge in [-0.05, 0) is 61.7 Å². The van der Waals surface area contributed by atoms with Gasteiger partial charge in [0.2, 0.25) is 5.91 Å². The van der Waals surface area contributed by atoms with Crippen molar-refractivity contribution >= 4 is 51.9 Å². The van der Waals surface area contributed by atoms with Crippen molar-refractivity contribution in [1.82, 2.24) is 4.90 Å². The number of benzene rings is 2. The minimum Gasteiger partial charge on any atom is -0.504 e. The highest BCUT2D eigenvalue weighted by Crippen LogP contribution is 2.34. The number of thiocarbonyl (C=S) groups is 1. The first-order chi connectivity index (χ1) is 14.9. The second-order valence-corrected chi connectivity index (χ2v) is 8.69. The number of thioether (sulfide) groups is 1. The standard InChI is InChI=1S/C23H24N2O4S2/c1-3-29-19-13-16(9-10-18(19)26)14-20-22(28)25(23(30)31-20)11-5-8-21(27)24-17-7-4-6-15(2)12-17/h4,6-7,9-10,12-14,26H,3,5,8,11H2,1-2H3,(H,24,27)/b20-14-. The Bertz CT molecular complexity index is 1040. The van der Waals surface area contributed by atoms with Crippen LogP contribution in [0.3, 0.4) is 0 Å². The molecule has 1 saturated heterocycles. The molecule has 162 valence electrons. The Balaban J connectivity index is 1.57. The van der Waals surface area contributed by atoms with Gasteiger partial charge in [0.15, 0.2) is 11.5 Å². The molecular weight excluding hydrogens is 432 g/mol. The number of phenolic OH excluding ortho intramolecular Hbond substituents is 1. The van der Waals surface area contributed by atoms with Crippen LogP contribution in [0.5, 0.6) is 11.5 Å². The fourth-order valence-corrected chi connectivity index (χ4v) is 4.39. The number of aryl methyl sites for hydroxylation is 1. The molecule has 2 N–H and O–H groups in total. The lowest BCUT2D eigenvalue weighted by Crippen LogP contribution is -2.29. The first-order valence-electron chi connectivity index (χ1n) is 9.95. The van der Waals surface area contributed by atoms with Crippen LogP contribution in [0, 0.1) is 6.92 Å². The van der Waals surface area contributed by atoms with Gasteiger partial charge in [0, 0.05) is 18.7 Å². The zero-order chi connectivity index (χ0) is 22.4. The number of carbonyl (C=O) groups excluding carboxylic acids is 2. The number of nitrogens with zero attached hydrogens (tertiary/aromatic N) is 1. The van der Waals surface area contributed by atoms with E-state index in [1.165, 1.54) is 22.7 Å². The molecule has 31 heavy (non-hydrogen) atoms. The first-order valence-corrected chi connectivity index (χ1v) is 11.2. The number of carbonyl (C=O) groups is 2. The number of ether oxygens (including phenoxy) is 1. The zero-order valence-corrected chi connectivity index (χ0v) is 19.0. The van der Waals surface area contributed by atoms with Gasteiger partial charge in [-0.15, -0.1) is 0 Å². The van der Waals surface area contributed by atoms with Crippen molar-refractivity contribution in [2.45, 2.75) is 26.7 Å². The molecule has 0 aliphatic carbocycles. The van der Waals surface area contributed by atoms with E-state index in [4.69, 9.17) is 17.0 Å². The molecule has 0 atom stereocenters. The van der Waals surface area contributed by atoms with Crippen molar-refractivity contribution in [1.29, 1.82) is 0 Å². The Kier molecular flexibility index (Phi) is 7.70. The molecule has 1 aliphatic heterocycles. The fraction of sp³-hybridized carbons (Fsp3) is 0.261. The van der Waals surface area contributed by atoms with Gasteiger partial charge in [-0.3, -0.25) is 14.5 Å². The third-order valence-corrected chi connectivity index (χ3v) is 5.92. The maximum Gasteiger partial charge on any atom is 0.266 e. The molecule has 3 rings (SSSR count). The molecule has 2 aromatic carbocycles. The van der Waals surface area contributed by atoms with Crippen LogP contribution in [0.25, 0.3) is 6.08 Å². The highest BCUT2D eigenvalue weighted by molar-refractivity contribution is 8.26. The van der Waals surface area contributed by atoms with Crippen molar-refractivity contribution in [3.8, 4) is 11.5 Å². The van der Waals surface area contributed by atoms with Crippen LogP contribution >= 0.6 is 24.0 Å². The molecule has 0 radical (unpaired) electrons. The normalized spacial score (nSPS) is 14.9. The van der Waals surface area contributed by atoms with E-state index in [0.717, 1.165) is 16.8 Å². The van der Waals surface area contributed by atoms with Gasteiger partial charge in [-0.25, -0.2) is 0 Å². The number of phenols is 1. The molecule has 8 heteroatoms. The zero-order valence-electron chi connectivity index (χ0n) is 17.4. The smallest absolute Gasteiger partial charge is 0.266 e. The number of hydrogen-bond acceptors (Lipinski definition) is 6. The van der Waals surface area contributed by atoms with E-state index >= 15 is 0 Å². The summed E-state index contributed by atoms with van der Waals surface area (Å²) in [6.07, 6.45) is 2.52. The molecule has 1 fully saturated rings. The van der Waals surface area contributed by atoms with E-state index in [2.05, 4.69) is 5.32 Å². The summed E-state index contributed by atoms with van der Waals surface area (Å²) in [6, 6.07) is 12.5. The van der Waals surface area contributed by atoms with Crippen LogP contribution in [0.15, 0.2) is 47.4 Å². The van der Waals surface area contributed by atoms with Crippen LogP contribution in [0.4, 0.5) is 5.69 Å². The Morgan fingerprint density at radius 2 is 2.10 bits per heavy atom. The maximum atomic E-state index is 12.8. The topological polar surface area (TPSA) is 78.9 Å². The van der Waals surface area contributed by atoms with Crippen LogP contribution in [0.1, 0.15) is 30.9 Å². The predicted octanol–water partition coefficient (Wildman–Crippen LogP) is 4.72. The minimum atomic E-state index is -0.180. The third-order valence-electron chi connectivity index (χ3n) is 4.54. The molecular formula is C23H24N2O4S2. The Labute approximate surface area is 191 Å². The van der Waals surface area contributed by atoms with E-state index in [1.807, 2.05) is 38.1 Å². The summed E-state index contributed by atoms with van der Waals surface area (Å²) in [5.74, 6) is 0.140. The van der Waals surface area contributed by atoms with Gasteiger partial charge >= 0.3 is 0 Å². The molecule has 0 unspecified atom stereocenters. The van der Waals surface area contributed by atoms with Gasteiger partial charge in [-0.2, -0.15) is 0 Å². The summed E-state index contributed by atoms with van der Waals surface area (Å²) in [6.45, 7) is 4.60. The molecule has 6 nitrogen and oxygen atoms in total. The molecule has 0 bridgehead atoms. The Morgan fingerprint density at radius 1 is 1.29 bits per heavy atom. The van der Waals surface area contributed by atoms with Gasteiger partial charge < -0.3 is 15.2 Å². The van der Waals surface area contributed by atoms with Crippen molar-refractivity contribution in [3.63, 3.8) is 0 Å². The van der Waals surface area contributed by atoms with E-state index in [1.54, 1.807) is 18.2 Å². The highest BCUT2D eigenvalue weighted by atomic mass is 32.2. The second-order valence-electron chi connectivity index (χ2n) is 7.01. The number of hydrogen-bond donors (Lipinski definition) is 2. The molecule has 0 aromatic heterocycles. The van der Waals surface area contributed by atoms with Crippen molar-refractivity contribution in [3.05, 3.63) is 58.5 Å². The van der Waals surface area contributed by atoms with E-state index in [9.17, 15) is 14.7 Å². The lowest BCUT2D eigenvalue weighted by atomic mass is 10.2. The van der Waals surface area contributed by atoms with Gasteiger partial charge in [0.25, 0.3) is 5.91 Å². The number of anilines is 1. The number of amides is 2. The lowest BCUT2D eigenvalue weighted by Gasteiger charge is -2.14. The fourth-order valence-electron chi connectivity index (χ4n) is 3.08. The third kappa shape index (κ3) is 6.08. The monoisotopic (exact) mass is 456 g/mol. The summed E-state index contributed by atoms with van der Waals surface area (Å²) >= 11 is 6.59. The quantitative estimate of drug-likeness (QED) is 0.442. The summed E-state index contributed by atoms with van der Waals surface area (Å²) in [4.78, 5) is 27.0. The summed E-state index contributed by atoms with van der Waals surface area (Å²) in [7, 11) is 0. The number of aromatic hydroxyl groups is 1. The van der Waals surface area contributed by atoms with Crippen molar-refractivity contribution < 1.29 is 19.4 Å². The van der Waals surface area contributed by atoms with Crippen LogP contribution in [-0.2, 0) is 9.59 Å². The average molecular weight is 457 g/mol. The molecule has 1 aliphatic rings.